The van der Waals surface area contributed by atoms with Crippen LogP contribution in [0, 0.1) is 5.92 Å². The van der Waals surface area contributed by atoms with Gasteiger partial charge in [-0.05, 0) is 67.4 Å². The number of fused-ring (bicyclic) bond motifs is 3. The van der Waals surface area contributed by atoms with Gasteiger partial charge in [0.05, 0.1) is 55.4 Å². The first-order valence-electron chi connectivity index (χ1n) is 28.4. The molecule has 0 radical (unpaired) electrons. The van der Waals surface area contributed by atoms with Crippen molar-refractivity contribution >= 4 is 75.9 Å². The topological polar surface area (TPSA) is 481 Å². The minimum absolute atomic E-state index is 0. The maximum atomic E-state index is 14.7. The number of aromatic nitrogens is 3. The van der Waals surface area contributed by atoms with Crippen LogP contribution in [0.15, 0.2) is 72.9 Å². The van der Waals surface area contributed by atoms with E-state index in [9.17, 15) is 84.5 Å². The van der Waals surface area contributed by atoms with Crippen molar-refractivity contribution in [1.29, 1.82) is 0 Å². The number of benzene rings is 3. The van der Waals surface area contributed by atoms with E-state index in [0.717, 1.165) is 59.1 Å². The van der Waals surface area contributed by atoms with Crippen LogP contribution in [-0.4, -0.2) is 212 Å². The molecule has 32 nitrogen and oxygen atoms in total. The molecule has 15 N–H and O–H groups in total. The largest absolute Gasteiger partial charge is 1.00 e. The van der Waals surface area contributed by atoms with Crippen molar-refractivity contribution in [3.8, 4) is 39.1 Å². The van der Waals surface area contributed by atoms with Gasteiger partial charge < -0.3 is 97.1 Å². The maximum absolute atomic E-state index is 14.7. The SMILES string of the molecule is CCCCOc1ccc(-c2cn3nc(-c4ccc(C(=O)NC5CC(O)CNC(=O)C6C(O)C(C)CN6C(=O)C(C(O)CC(N)=O)NC(=O)C(C(O)C(O)c6ccc(O)c(OSOO[O-])c6)NC(=O)C6CC(O)CN6C(=O)C(C(C)O)NC5=O)cc4)sc3n2)cc1.[Na+]. The van der Waals surface area contributed by atoms with E-state index in [0.29, 0.717) is 27.8 Å². The molecular formula is C56H68N11NaO21S2. The maximum Gasteiger partial charge on any atom is 1.00 e. The van der Waals surface area contributed by atoms with Gasteiger partial charge in [0.1, 0.15) is 59.2 Å². The fourth-order valence-electron chi connectivity index (χ4n) is 10.5. The van der Waals surface area contributed by atoms with E-state index in [4.69, 9.17) is 19.6 Å². The summed E-state index contributed by atoms with van der Waals surface area (Å²) in [5.74, 6) is -11.3. The van der Waals surface area contributed by atoms with Gasteiger partial charge >= 0.3 is 29.6 Å². The molecule has 0 spiro atoms. The number of ether oxygens (including phenoxy) is 1. The second kappa shape index (κ2) is 31.9. The number of nitrogens with two attached hydrogens (primary N) is 1. The molecule has 0 aliphatic carbocycles. The first-order chi connectivity index (χ1) is 42.9. The number of β-amino-alcohol motifs (C(OH)–C–C–N with tert-alkyl or cyclic N) is 1. The summed E-state index contributed by atoms with van der Waals surface area (Å²) in [6, 6.07) is 4.10. The Bertz CT molecular complexity index is 3370. The number of carbonyl (C=O) groups is 8. The number of phenolic OH excluding ortho intramolecular Hbond substituents is 1. The number of nitrogens with one attached hydrogen (secondary N) is 5. The van der Waals surface area contributed by atoms with Crippen molar-refractivity contribution in [2.24, 2.45) is 11.7 Å². The number of carbonyl (C=O) groups excluding carboxylic acids is 8. The number of hydrogen-bond acceptors (Lipinski definition) is 25. The smallest absolute Gasteiger partial charge is 0.691 e. The van der Waals surface area contributed by atoms with E-state index in [1.54, 1.807) is 22.8 Å². The third-order valence-electron chi connectivity index (χ3n) is 15.3. The second-order valence-corrected chi connectivity index (χ2v) is 23.3. The molecule has 3 aromatic carbocycles. The molecule has 0 bridgehead atoms. The minimum atomic E-state index is -2.54. The fourth-order valence-corrected chi connectivity index (χ4v) is 11.6. The molecule has 8 rings (SSSR count). The van der Waals surface area contributed by atoms with Gasteiger partial charge in [0, 0.05) is 55.1 Å². The van der Waals surface area contributed by atoms with E-state index in [-0.39, 0.29) is 53.0 Å². The molecule has 8 amide bonds. The normalized spacial score (nSPS) is 25.1. The molecule has 14 unspecified atom stereocenters. The molecule has 0 saturated carbocycles. The van der Waals surface area contributed by atoms with Crippen LogP contribution >= 0.6 is 23.7 Å². The number of imidazole rings is 1. The van der Waals surface area contributed by atoms with Crippen LogP contribution in [0.2, 0.25) is 0 Å². The number of aliphatic hydroxyl groups is 7. The van der Waals surface area contributed by atoms with Crippen molar-refractivity contribution in [1.82, 2.24) is 51.0 Å². The third kappa shape index (κ3) is 17.3. The summed E-state index contributed by atoms with van der Waals surface area (Å²) in [5.41, 5.74) is 7.11. The average molecular weight is 1320 g/mol. The third-order valence-corrected chi connectivity index (χ3v) is 16.6. The van der Waals surface area contributed by atoms with Gasteiger partial charge in [-0.2, -0.15) is 5.10 Å². The van der Waals surface area contributed by atoms with Gasteiger partial charge in [-0.1, -0.05) is 49.8 Å². The van der Waals surface area contributed by atoms with Gasteiger partial charge in [-0.3, -0.25) is 43.4 Å². The Kier molecular flexibility index (Phi) is 25.0. The molecule has 35 heteroatoms. The summed E-state index contributed by atoms with van der Waals surface area (Å²) in [5, 5.41) is 121. The number of primary amides is 1. The van der Waals surface area contributed by atoms with Gasteiger partial charge in [0.25, 0.3) is 18.2 Å². The van der Waals surface area contributed by atoms with Crippen LogP contribution < -0.4 is 76.1 Å². The van der Waals surface area contributed by atoms with Crippen molar-refractivity contribution in [2.75, 3.05) is 26.2 Å². The molecular weight excluding hydrogens is 1250 g/mol. The number of unbranched alkanes of at least 4 members (excludes halogenated alkanes) is 1. The summed E-state index contributed by atoms with van der Waals surface area (Å²) in [7, 11) is 0. The number of aliphatic hydroxyl groups excluding tert-OH is 7. The van der Waals surface area contributed by atoms with E-state index in [1.165, 1.54) is 30.4 Å². The van der Waals surface area contributed by atoms with Crippen molar-refractivity contribution in [2.45, 2.75) is 132 Å². The molecule has 3 aliphatic heterocycles. The second-order valence-electron chi connectivity index (χ2n) is 21.9. The molecule has 486 valence electrons. The van der Waals surface area contributed by atoms with Gasteiger partial charge in [0.15, 0.2) is 11.5 Å². The van der Waals surface area contributed by atoms with Gasteiger partial charge in [-0.25, -0.2) is 9.50 Å². The van der Waals surface area contributed by atoms with E-state index < -0.39 is 183 Å². The molecule has 3 aliphatic rings. The quantitative estimate of drug-likeness (QED) is 0.0120. The Morgan fingerprint density at radius 1 is 0.846 bits per heavy atom. The molecule has 5 aromatic rings. The monoisotopic (exact) mass is 1320 g/mol. The minimum Gasteiger partial charge on any atom is -0.691 e. The van der Waals surface area contributed by atoms with Crippen LogP contribution in [0.5, 0.6) is 17.2 Å². The van der Waals surface area contributed by atoms with Crippen molar-refractivity contribution in [3.63, 3.8) is 0 Å². The van der Waals surface area contributed by atoms with Gasteiger partial charge in [0.2, 0.25) is 46.3 Å². The zero-order valence-corrected chi connectivity index (χ0v) is 53.0. The summed E-state index contributed by atoms with van der Waals surface area (Å²) in [4.78, 5) is 120. The van der Waals surface area contributed by atoms with E-state index in [1.807, 2.05) is 24.3 Å². The Labute approximate surface area is 548 Å². The first kappa shape index (κ1) is 71.3. The Morgan fingerprint density at radius 2 is 1.52 bits per heavy atom. The van der Waals surface area contributed by atoms with Gasteiger partial charge in [-0.15, -0.1) is 4.33 Å². The van der Waals surface area contributed by atoms with Crippen LogP contribution in [0.4, 0.5) is 0 Å². The zero-order valence-electron chi connectivity index (χ0n) is 49.4. The van der Waals surface area contributed by atoms with Crippen LogP contribution in [0.3, 0.4) is 0 Å². The number of phenols is 1. The molecule has 14 atom stereocenters. The molecule has 5 heterocycles. The molecule has 2 aromatic heterocycles. The van der Waals surface area contributed by atoms with E-state index in [2.05, 4.69) is 48.0 Å². The predicted octanol–water partition coefficient (Wildman–Crippen LogP) is -6.51. The summed E-state index contributed by atoms with van der Waals surface area (Å²) >= 11 is 1.18. The number of rotatable bonds is 19. The molecule has 3 fully saturated rings. The Hall–Kier alpha value is -7.13. The number of nitrogens with zero attached hydrogens (tertiary/aromatic N) is 5. The van der Waals surface area contributed by atoms with Crippen LogP contribution in [0.1, 0.15) is 74.9 Å². The first-order valence-corrected chi connectivity index (χ1v) is 29.8. The molecule has 91 heavy (non-hydrogen) atoms. The number of hydrogen-bond donors (Lipinski definition) is 14. The zero-order chi connectivity index (χ0) is 65.2. The average Bonchev–Trinajstić information content (AvgIpc) is 1.78. The standard InChI is InChI=1S/C56H69N11O21S2.Na/c1-4-5-16-85-33-13-10-27(11-14-33)35-24-67-56(60-35)89-53(64-67)29-8-6-28(7-9-29)48(77)59-34-18-31(69)21-58-52(81)44-45(74)25(2)22-66(44)55(83)42(38(72)20-40(57)73)62-51(80)43(47(76)46(75)30-12-15-37(71)39(17-30)86-90-88-87-84)63-50(79)36-19-32(70)23-65(36)54(82)41(26(3)68)61-49(34)78;/h6-15,17,24-26,31-32,34,36,38,41-47,68-72,74-76,84H,4-5,16,18-23H2,1-3H3,(H2,57,73)(H,58,81)(H,59,77)(H,61,78)(H,62,80)(H,63,79);/q;+1/p-1. The molecule has 3 saturated heterocycles. The van der Waals surface area contributed by atoms with Crippen LogP contribution in [0.25, 0.3) is 26.8 Å². The fraction of sp³-hybridized carbons (Fsp3) is 0.464. The summed E-state index contributed by atoms with van der Waals surface area (Å²) < 4.78 is 16.4. The Balaban J connectivity index is 0.0000118. The Morgan fingerprint density at radius 3 is 2.18 bits per heavy atom. The van der Waals surface area contributed by atoms with Crippen LogP contribution in [-0.2, 0) is 42.9 Å². The van der Waals surface area contributed by atoms with E-state index >= 15 is 0 Å². The predicted molar refractivity (Wildman–Crippen MR) is 311 cm³/mol. The summed E-state index contributed by atoms with van der Waals surface area (Å²) in [6.45, 7) is 3.36. The van der Waals surface area contributed by atoms with Crippen molar-refractivity contribution in [3.05, 3.63) is 84.1 Å². The number of aromatic hydroxyl groups is 1. The van der Waals surface area contributed by atoms with Crippen molar-refractivity contribution < 1.29 is 132 Å². The number of amides is 8. The summed E-state index contributed by atoms with van der Waals surface area (Å²) in [6.07, 6.45) is -12.5.